The molecule has 0 bridgehead atoms. The van der Waals surface area contributed by atoms with Crippen LogP contribution in [0.5, 0.6) is 0 Å². The van der Waals surface area contributed by atoms with Gasteiger partial charge in [0.15, 0.2) is 0 Å². The number of nitrogens with two attached hydrogens (primary N) is 1. The Kier molecular flexibility index (Phi) is 10.3. The van der Waals surface area contributed by atoms with Crippen LogP contribution in [-0.4, -0.2) is 22.8 Å². The number of anilines is 1. The van der Waals surface area contributed by atoms with E-state index in [1.807, 2.05) is 6.92 Å². The number of aliphatic hydroxyl groups excluding tert-OH is 1. The molecule has 1 atom stereocenters. The van der Waals surface area contributed by atoms with E-state index in [1.54, 1.807) is 18.2 Å². The highest BCUT2D eigenvalue weighted by Crippen LogP contribution is 2.14. The van der Waals surface area contributed by atoms with Crippen LogP contribution in [0.4, 0.5) is 5.69 Å². The lowest BCUT2D eigenvalue weighted by atomic mass is 9.98. The molecular weight excluding hydrogens is 278 g/mol. The summed E-state index contributed by atoms with van der Waals surface area (Å²) in [5, 5.41) is 17.3. The highest BCUT2D eigenvalue weighted by Gasteiger charge is 2.06. The van der Waals surface area contributed by atoms with Crippen LogP contribution in [0.25, 0.3) is 0 Å². The Labute approximate surface area is 134 Å². The van der Waals surface area contributed by atoms with Crippen LogP contribution in [0.3, 0.4) is 0 Å². The molecule has 1 rings (SSSR count). The second-order valence-corrected chi connectivity index (χ2v) is 6.34. The van der Waals surface area contributed by atoms with Gasteiger partial charge in [-0.1, -0.05) is 51.7 Å². The summed E-state index contributed by atoms with van der Waals surface area (Å²) in [7, 11) is 0. The first-order chi connectivity index (χ1) is 10.3. The molecule has 0 fully saturated rings. The summed E-state index contributed by atoms with van der Waals surface area (Å²) in [6, 6.07) is 4.93. The Bertz CT molecular complexity index is 444. The predicted octanol–water partition coefficient (Wildman–Crippen LogP) is 4.11. The average Bonchev–Trinajstić information content (AvgIpc) is 2.42. The SMILES string of the molecule is CC(C)CCCC(C)CCO.Cc1ccc(N)c(C(=O)O)c1. The smallest absolute Gasteiger partial charge is 0.337 e. The molecule has 1 aromatic carbocycles. The lowest BCUT2D eigenvalue weighted by Gasteiger charge is -2.09. The van der Waals surface area contributed by atoms with E-state index in [0.717, 1.165) is 17.9 Å². The van der Waals surface area contributed by atoms with Crippen LogP contribution in [0.15, 0.2) is 18.2 Å². The van der Waals surface area contributed by atoms with Gasteiger partial charge in [0.1, 0.15) is 0 Å². The number of aromatic carboxylic acids is 1. The maximum Gasteiger partial charge on any atom is 0.337 e. The molecule has 0 saturated heterocycles. The van der Waals surface area contributed by atoms with Crippen molar-refractivity contribution in [2.75, 3.05) is 12.3 Å². The Morgan fingerprint density at radius 3 is 2.27 bits per heavy atom. The van der Waals surface area contributed by atoms with E-state index in [4.69, 9.17) is 15.9 Å². The third kappa shape index (κ3) is 9.40. The maximum absolute atomic E-state index is 10.5. The number of benzene rings is 1. The molecule has 0 radical (unpaired) electrons. The summed E-state index contributed by atoms with van der Waals surface area (Å²) in [5.74, 6) is 0.557. The molecule has 0 aliphatic carbocycles. The largest absolute Gasteiger partial charge is 0.478 e. The van der Waals surface area contributed by atoms with Crippen molar-refractivity contribution in [3.05, 3.63) is 29.3 Å². The van der Waals surface area contributed by atoms with Gasteiger partial charge in [-0.05, 0) is 37.3 Å². The summed E-state index contributed by atoms with van der Waals surface area (Å²) in [4.78, 5) is 10.5. The van der Waals surface area contributed by atoms with Gasteiger partial charge in [0.2, 0.25) is 0 Å². The van der Waals surface area contributed by atoms with Crippen molar-refractivity contribution in [3.8, 4) is 0 Å². The minimum Gasteiger partial charge on any atom is -0.478 e. The van der Waals surface area contributed by atoms with Crippen molar-refractivity contribution in [2.45, 2.75) is 53.4 Å². The van der Waals surface area contributed by atoms with Crippen molar-refractivity contribution in [1.29, 1.82) is 0 Å². The van der Waals surface area contributed by atoms with E-state index >= 15 is 0 Å². The zero-order valence-corrected chi connectivity index (χ0v) is 14.3. The Balaban J connectivity index is 0.000000401. The zero-order valence-electron chi connectivity index (χ0n) is 14.3. The molecule has 126 valence electrons. The summed E-state index contributed by atoms with van der Waals surface area (Å²) in [5.41, 5.74) is 6.79. The van der Waals surface area contributed by atoms with Crippen LogP contribution in [-0.2, 0) is 0 Å². The third-order valence-electron chi connectivity index (χ3n) is 3.54. The summed E-state index contributed by atoms with van der Waals surface area (Å²) >= 11 is 0. The van der Waals surface area contributed by atoms with Gasteiger partial charge in [-0.15, -0.1) is 0 Å². The first-order valence-corrected chi connectivity index (χ1v) is 7.98. The average molecular weight is 309 g/mol. The maximum atomic E-state index is 10.5. The number of hydrogen-bond acceptors (Lipinski definition) is 3. The number of carboxylic acids is 1. The van der Waals surface area contributed by atoms with Gasteiger partial charge in [0, 0.05) is 12.3 Å². The van der Waals surface area contributed by atoms with Gasteiger partial charge in [0.05, 0.1) is 5.56 Å². The number of carbonyl (C=O) groups is 1. The van der Waals surface area contributed by atoms with Gasteiger partial charge in [-0.2, -0.15) is 0 Å². The Hall–Kier alpha value is -1.55. The van der Waals surface area contributed by atoms with Crippen molar-refractivity contribution in [3.63, 3.8) is 0 Å². The molecule has 0 saturated carbocycles. The first-order valence-electron chi connectivity index (χ1n) is 7.98. The van der Waals surface area contributed by atoms with Gasteiger partial charge in [0.25, 0.3) is 0 Å². The molecule has 1 unspecified atom stereocenters. The molecule has 0 amide bonds. The molecule has 0 spiro atoms. The quantitative estimate of drug-likeness (QED) is 0.662. The van der Waals surface area contributed by atoms with E-state index < -0.39 is 5.97 Å². The van der Waals surface area contributed by atoms with Crippen molar-refractivity contribution in [1.82, 2.24) is 0 Å². The minimum absolute atomic E-state index is 0.171. The number of aryl methyl sites for hydroxylation is 1. The topological polar surface area (TPSA) is 83.5 Å². The molecule has 0 heterocycles. The molecule has 22 heavy (non-hydrogen) atoms. The van der Waals surface area contributed by atoms with Crippen molar-refractivity contribution in [2.24, 2.45) is 11.8 Å². The van der Waals surface area contributed by atoms with Crippen LogP contribution >= 0.6 is 0 Å². The lowest BCUT2D eigenvalue weighted by molar-refractivity contribution is 0.0698. The van der Waals surface area contributed by atoms with Gasteiger partial charge < -0.3 is 15.9 Å². The highest BCUT2D eigenvalue weighted by molar-refractivity contribution is 5.93. The first kappa shape index (κ1) is 20.5. The lowest BCUT2D eigenvalue weighted by Crippen LogP contribution is -2.02. The fourth-order valence-corrected chi connectivity index (χ4v) is 2.09. The van der Waals surface area contributed by atoms with E-state index in [2.05, 4.69) is 20.8 Å². The highest BCUT2D eigenvalue weighted by atomic mass is 16.4. The molecule has 1 aromatic rings. The van der Waals surface area contributed by atoms with Crippen molar-refractivity contribution >= 4 is 11.7 Å². The molecule has 4 heteroatoms. The van der Waals surface area contributed by atoms with E-state index in [1.165, 1.54) is 19.3 Å². The second-order valence-electron chi connectivity index (χ2n) is 6.34. The van der Waals surface area contributed by atoms with Gasteiger partial charge in [-0.25, -0.2) is 4.79 Å². The number of aliphatic hydroxyl groups is 1. The molecule has 0 aliphatic rings. The van der Waals surface area contributed by atoms with E-state index in [-0.39, 0.29) is 5.56 Å². The molecule has 4 nitrogen and oxygen atoms in total. The van der Waals surface area contributed by atoms with Gasteiger partial charge in [-0.3, -0.25) is 0 Å². The van der Waals surface area contributed by atoms with E-state index in [0.29, 0.717) is 18.2 Å². The standard InChI is InChI=1S/C10H22O.C8H9NO2/c1-9(2)5-4-6-10(3)7-8-11;1-5-2-3-7(9)6(4-5)8(10)11/h9-11H,4-8H2,1-3H3;2-4H,9H2,1H3,(H,10,11). The fourth-order valence-electron chi connectivity index (χ4n) is 2.09. The third-order valence-corrected chi connectivity index (χ3v) is 3.54. The van der Waals surface area contributed by atoms with Crippen LogP contribution in [0, 0.1) is 18.8 Å². The Morgan fingerprint density at radius 2 is 1.82 bits per heavy atom. The fraction of sp³-hybridized carbons (Fsp3) is 0.611. The van der Waals surface area contributed by atoms with Gasteiger partial charge >= 0.3 is 5.97 Å². The van der Waals surface area contributed by atoms with Crippen LogP contribution in [0.1, 0.15) is 62.4 Å². The van der Waals surface area contributed by atoms with Crippen LogP contribution < -0.4 is 5.73 Å². The molecular formula is C18H31NO3. The number of carboxylic acid groups (broad SMARTS) is 1. The number of hydrogen-bond donors (Lipinski definition) is 3. The molecule has 4 N–H and O–H groups in total. The zero-order chi connectivity index (χ0) is 17.1. The summed E-state index contributed by atoms with van der Waals surface area (Å²) in [6.45, 7) is 8.92. The number of nitrogen functional groups attached to an aromatic ring is 1. The summed E-state index contributed by atoms with van der Waals surface area (Å²) < 4.78 is 0. The Morgan fingerprint density at radius 1 is 1.18 bits per heavy atom. The molecule has 0 aliphatic heterocycles. The number of rotatable bonds is 7. The predicted molar refractivity (Wildman–Crippen MR) is 92.1 cm³/mol. The second kappa shape index (κ2) is 11.1. The normalized spacial score (nSPS) is 11.7. The minimum atomic E-state index is -0.980. The summed E-state index contributed by atoms with van der Waals surface area (Å²) in [6.07, 6.45) is 4.89. The monoisotopic (exact) mass is 309 g/mol. The molecule has 0 aromatic heterocycles. The van der Waals surface area contributed by atoms with Crippen molar-refractivity contribution < 1.29 is 15.0 Å². The van der Waals surface area contributed by atoms with E-state index in [9.17, 15) is 4.79 Å². The van der Waals surface area contributed by atoms with Crippen LogP contribution in [0.2, 0.25) is 0 Å².